The van der Waals surface area contributed by atoms with Crippen LogP contribution in [0.5, 0.6) is 0 Å². The van der Waals surface area contributed by atoms with Crippen molar-refractivity contribution in [3.63, 3.8) is 0 Å². The molecule has 1 rings (SSSR count). The number of methoxy groups -OCH3 is 1. The van der Waals surface area contributed by atoms with E-state index in [1.807, 2.05) is 30.3 Å². The van der Waals surface area contributed by atoms with Crippen molar-refractivity contribution in [2.75, 3.05) is 31.7 Å². The number of ether oxygens (including phenoxy) is 2. The number of benzene rings is 1. The summed E-state index contributed by atoms with van der Waals surface area (Å²) in [5.74, 6) is -0.410. The van der Waals surface area contributed by atoms with Crippen molar-refractivity contribution in [2.45, 2.75) is 6.10 Å². The fourth-order valence-corrected chi connectivity index (χ4v) is 1.58. The zero-order chi connectivity index (χ0) is 14.1. The quantitative estimate of drug-likeness (QED) is 0.535. The molecular formula is C13H17NO5. The maximum Gasteiger partial charge on any atom is 0.325 e. The van der Waals surface area contributed by atoms with Gasteiger partial charge >= 0.3 is 5.97 Å². The van der Waals surface area contributed by atoms with Crippen molar-refractivity contribution in [3.05, 3.63) is 30.3 Å². The summed E-state index contributed by atoms with van der Waals surface area (Å²) in [4.78, 5) is 23.1. The Bertz CT molecular complexity index is 395. The summed E-state index contributed by atoms with van der Waals surface area (Å²) >= 11 is 0. The van der Waals surface area contributed by atoms with E-state index in [0.717, 1.165) is 5.69 Å². The topological polar surface area (TPSA) is 76.1 Å². The number of carbonyl (C=O) groups excluding carboxylic acids is 2. The molecule has 0 amide bonds. The normalized spacial score (nSPS) is 11.5. The van der Waals surface area contributed by atoms with Gasteiger partial charge in [0.05, 0.1) is 7.11 Å². The highest BCUT2D eigenvalue weighted by atomic mass is 16.5. The molecule has 0 saturated heterocycles. The van der Waals surface area contributed by atoms with E-state index in [9.17, 15) is 14.7 Å². The number of anilines is 1. The Labute approximate surface area is 111 Å². The van der Waals surface area contributed by atoms with Gasteiger partial charge in [0.15, 0.2) is 0 Å². The summed E-state index contributed by atoms with van der Waals surface area (Å²) in [7, 11) is 1.30. The van der Waals surface area contributed by atoms with Gasteiger partial charge in [-0.25, -0.2) is 0 Å². The number of nitrogens with zero attached hydrogens (tertiary/aromatic N) is 1. The van der Waals surface area contributed by atoms with Crippen LogP contribution in [0.3, 0.4) is 0 Å². The van der Waals surface area contributed by atoms with Crippen LogP contribution in [0.4, 0.5) is 5.69 Å². The number of rotatable bonds is 8. The summed E-state index contributed by atoms with van der Waals surface area (Å²) in [6.45, 7) is 0.329. The van der Waals surface area contributed by atoms with Crippen molar-refractivity contribution in [3.8, 4) is 0 Å². The van der Waals surface area contributed by atoms with Crippen molar-refractivity contribution in [1.29, 1.82) is 0 Å². The zero-order valence-corrected chi connectivity index (χ0v) is 10.7. The molecule has 0 heterocycles. The van der Waals surface area contributed by atoms with Crippen molar-refractivity contribution >= 4 is 18.1 Å². The minimum absolute atomic E-state index is 0.0126. The molecule has 0 aromatic heterocycles. The maximum atomic E-state index is 11.4. The first-order valence-corrected chi connectivity index (χ1v) is 5.77. The molecule has 0 fully saturated rings. The third kappa shape index (κ3) is 5.39. The van der Waals surface area contributed by atoms with E-state index in [-0.39, 0.29) is 26.2 Å². The van der Waals surface area contributed by atoms with Gasteiger partial charge in [-0.1, -0.05) is 18.2 Å². The van der Waals surface area contributed by atoms with Crippen LogP contribution in [0.25, 0.3) is 0 Å². The number of hydrogen-bond acceptors (Lipinski definition) is 6. The van der Waals surface area contributed by atoms with Crippen molar-refractivity contribution in [1.82, 2.24) is 0 Å². The second-order valence-electron chi connectivity index (χ2n) is 3.88. The van der Waals surface area contributed by atoms with E-state index in [4.69, 9.17) is 0 Å². The van der Waals surface area contributed by atoms with Crippen LogP contribution in [0.1, 0.15) is 0 Å². The molecule has 0 aliphatic carbocycles. The summed E-state index contributed by atoms with van der Waals surface area (Å²) < 4.78 is 9.11. The number of aliphatic hydroxyl groups excluding tert-OH is 1. The Balaban J connectivity index is 2.69. The molecule has 19 heavy (non-hydrogen) atoms. The molecule has 0 radical (unpaired) electrons. The lowest BCUT2D eigenvalue weighted by atomic mass is 10.2. The first-order valence-electron chi connectivity index (χ1n) is 5.77. The first-order chi connectivity index (χ1) is 9.17. The number of para-hydroxylation sites is 1. The van der Waals surface area contributed by atoms with E-state index in [1.54, 1.807) is 4.90 Å². The summed E-state index contributed by atoms with van der Waals surface area (Å²) in [5.41, 5.74) is 0.776. The van der Waals surface area contributed by atoms with Crippen LogP contribution < -0.4 is 4.90 Å². The highest BCUT2D eigenvalue weighted by molar-refractivity contribution is 5.75. The highest BCUT2D eigenvalue weighted by Gasteiger charge is 2.16. The molecule has 0 spiro atoms. The molecule has 1 unspecified atom stereocenters. The highest BCUT2D eigenvalue weighted by Crippen LogP contribution is 2.13. The molecule has 0 bridgehead atoms. The largest absolute Gasteiger partial charge is 0.468 e. The molecule has 1 aromatic carbocycles. The van der Waals surface area contributed by atoms with Crippen molar-refractivity contribution in [2.24, 2.45) is 0 Å². The molecule has 1 N–H and O–H groups in total. The van der Waals surface area contributed by atoms with Gasteiger partial charge in [0.2, 0.25) is 0 Å². The Morgan fingerprint density at radius 2 is 2.11 bits per heavy atom. The predicted octanol–water partition coefficient (Wildman–Crippen LogP) is 0.200. The van der Waals surface area contributed by atoms with Gasteiger partial charge in [-0.15, -0.1) is 0 Å². The summed E-state index contributed by atoms with van der Waals surface area (Å²) in [5, 5.41) is 9.72. The van der Waals surface area contributed by atoms with E-state index in [1.165, 1.54) is 7.11 Å². The fraction of sp³-hybridized carbons (Fsp3) is 0.385. The zero-order valence-electron chi connectivity index (χ0n) is 10.7. The van der Waals surface area contributed by atoms with Gasteiger partial charge in [0, 0.05) is 12.2 Å². The average molecular weight is 267 g/mol. The Kier molecular flexibility index (Phi) is 6.38. The van der Waals surface area contributed by atoms with Gasteiger partial charge in [0.1, 0.15) is 19.3 Å². The van der Waals surface area contributed by atoms with E-state index in [0.29, 0.717) is 0 Å². The molecule has 6 heteroatoms. The van der Waals surface area contributed by atoms with Crippen LogP contribution in [-0.4, -0.2) is 50.5 Å². The average Bonchev–Trinajstić information content (AvgIpc) is 2.45. The van der Waals surface area contributed by atoms with Gasteiger partial charge < -0.3 is 19.5 Å². The number of aliphatic hydroxyl groups is 1. The Morgan fingerprint density at radius 3 is 2.68 bits per heavy atom. The second kappa shape index (κ2) is 8.10. The number of hydrogen-bond donors (Lipinski definition) is 1. The van der Waals surface area contributed by atoms with Crippen LogP contribution in [-0.2, 0) is 19.1 Å². The lowest BCUT2D eigenvalue weighted by Crippen LogP contribution is -2.38. The molecule has 0 aliphatic rings. The third-order valence-electron chi connectivity index (χ3n) is 2.46. The third-order valence-corrected chi connectivity index (χ3v) is 2.46. The SMILES string of the molecule is COC(=O)CN(CC(O)COC=O)c1ccccc1. The van der Waals surface area contributed by atoms with Gasteiger partial charge in [0.25, 0.3) is 6.47 Å². The van der Waals surface area contributed by atoms with Gasteiger partial charge in [-0.2, -0.15) is 0 Å². The predicted molar refractivity (Wildman–Crippen MR) is 68.7 cm³/mol. The Hall–Kier alpha value is -2.08. The minimum atomic E-state index is -0.880. The number of carbonyl (C=O) groups is 2. The smallest absolute Gasteiger partial charge is 0.325 e. The lowest BCUT2D eigenvalue weighted by molar-refractivity contribution is -0.139. The monoisotopic (exact) mass is 267 g/mol. The lowest BCUT2D eigenvalue weighted by Gasteiger charge is -2.25. The van der Waals surface area contributed by atoms with Crippen LogP contribution in [0.15, 0.2) is 30.3 Å². The van der Waals surface area contributed by atoms with Crippen LogP contribution in [0.2, 0.25) is 0 Å². The molecule has 0 saturated carbocycles. The van der Waals surface area contributed by atoms with Gasteiger partial charge in [-0.05, 0) is 12.1 Å². The molecular weight excluding hydrogens is 250 g/mol. The molecule has 1 aromatic rings. The van der Waals surface area contributed by atoms with Crippen LogP contribution >= 0.6 is 0 Å². The molecule has 6 nitrogen and oxygen atoms in total. The van der Waals surface area contributed by atoms with Gasteiger partial charge in [-0.3, -0.25) is 9.59 Å². The minimum Gasteiger partial charge on any atom is -0.468 e. The van der Waals surface area contributed by atoms with Crippen LogP contribution in [0, 0.1) is 0 Å². The molecule has 1 atom stereocenters. The summed E-state index contributed by atoms with van der Waals surface area (Å²) in [6, 6.07) is 9.14. The first kappa shape index (κ1) is 15.0. The maximum absolute atomic E-state index is 11.4. The van der Waals surface area contributed by atoms with E-state index >= 15 is 0 Å². The number of esters is 1. The fourth-order valence-electron chi connectivity index (χ4n) is 1.58. The standard InChI is InChI=1S/C13H17NO5/c1-18-13(17)8-14(7-12(16)9-19-10-15)11-5-3-2-4-6-11/h2-6,10,12,16H,7-9H2,1H3. The van der Waals surface area contributed by atoms with E-state index in [2.05, 4.69) is 9.47 Å². The molecule has 0 aliphatic heterocycles. The Morgan fingerprint density at radius 1 is 1.42 bits per heavy atom. The summed E-state index contributed by atoms with van der Waals surface area (Å²) in [6.07, 6.45) is -0.880. The van der Waals surface area contributed by atoms with E-state index < -0.39 is 12.1 Å². The second-order valence-corrected chi connectivity index (χ2v) is 3.88. The van der Waals surface area contributed by atoms with Crippen molar-refractivity contribution < 1.29 is 24.2 Å². The molecule has 104 valence electrons.